The maximum absolute atomic E-state index is 12.2. The summed E-state index contributed by atoms with van der Waals surface area (Å²) in [6, 6.07) is 14.0. The van der Waals surface area contributed by atoms with Crippen LogP contribution >= 0.6 is 15.9 Å². The summed E-state index contributed by atoms with van der Waals surface area (Å²) in [6.07, 6.45) is 0. The second kappa shape index (κ2) is 6.21. The molecule has 116 valence electrons. The molecule has 0 unspecified atom stereocenters. The number of aromatic nitrogens is 2. The van der Waals surface area contributed by atoms with Crippen LogP contribution < -0.4 is 16.4 Å². The Morgan fingerprint density at radius 2 is 1.78 bits per heavy atom. The van der Waals surface area contributed by atoms with Crippen LogP contribution in [0, 0.1) is 0 Å². The molecule has 23 heavy (non-hydrogen) atoms. The van der Waals surface area contributed by atoms with Crippen molar-refractivity contribution in [2.75, 3.05) is 5.32 Å². The fourth-order valence-electron chi connectivity index (χ4n) is 2.28. The predicted molar refractivity (Wildman–Crippen MR) is 91.6 cm³/mol. The van der Waals surface area contributed by atoms with Gasteiger partial charge in [-0.15, -0.1) is 0 Å². The van der Waals surface area contributed by atoms with Gasteiger partial charge < -0.3 is 10.3 Å². The number of carbonyl (C=O) groups excluding carboxylic acids is 1. The van der Waals surface area contributed by atoms with E-state index < -0.39 is 17.0 Å². The number of nitrogens with zero attached hydrogens (tertiary/aromatic N) is 1. The summed E-state index contributed by atoms with van der Waals surface area (Å²) < 4.78 is 1.90. The Morgan fingerprint density at radius 1 is 1.09 bits per heavy atom. The summed E-state index contributed by atoms with van der Waals surface area (Å²) in [5.74, 6) is -0.394. The normalized spacial score (nSPS) is 10.7. The number of rotatable bonds is 3. The molecule has 7 heteroatoms. The van der Waals surface area contributed by atoms with Crippen LogP contribution in [0.1, 0.15) is 0 Å². The highest BCUT2D eigenvalue weighted by Crippen LogP contribution is 2.21. The van der Waals surface area contributed by atoms with Crippen molar-refractivity contribution in [3.05, 3.63) is 73.7 Å². The zero-order valence-corrected chi connectivity index (χ0v) is 13.5. The van der Waals surface area contributed by atoms with E-state index in [1.165, 1.54) is 4.57 Å². The number of anilines is 1. The van der Waals surface area contributed by atoms with Crippen molar-refractivity contribution in [1.82, 2.24) is 9.55 Å². The molecule has 0 saturated heterocycles. The third-order valence-corrected chi connectivity index (χ3v) is 4.02. The fourth-order valence-corrected chi connectivity index (χ4v) is 2.66. The Labute approximate surface area is 138 Å². The number of halogens is 1. The first kappa shape index (κ1) is 15.2. The van der Waals surface area contributed by atoms with E-state index in [1.54, 1.807) is 42.5 Å². The molecule has 1 amide bonds. The largest absolute Gasteiger partial charge is 0.324 e. The van der Waals surface area contributed by atoms with E-state index in [4.69, 9.17) is 0 Å². The van der Waals surface area contributed by atoms with Crippen LogP contribution in [0.4, 0.5) is 5.69 Å². The van der Waals surface area contributed by atoms with Crippen molar-refractivity contribution in [3.8, 4) is 0 Å². The van der Waals surface area contributed by atoms with Gasteiger partial charge in [0.2, 0.25) is 5.91 Å². The van der Waals surface area contributed by atoms with Gasteiger partial charge in [-0.25, -0.2) is 0 Å². The van der Waals surface area contributed by atoms with Gasteiger partial charge in [0, 0.05) is 4.47 Å². The maximum atomic E-state index is 12.2. The third kappa shape index (κ3) is 3.09. The van der Waals surface area contributed by atoms with E-state index in [0.717, 1.165) is 4.47 Å². The maximum Gasteiger partial charge on any atom is 0.317 e. The van der Waals surface area contributed by atoms with Crippen LogP contribution in [-0.4, -0.2) is 15.5 Å². The average molecular weight is 374 g/mol. The lowest BCUT2D eigenvalue weighted by molar-refractivity contribution is -0.116. The Bertz CT molecular complexity index is 1010. The summed E-state index contributed by atoms with van der Waals surface area (Å²) in [6.45, 7) is -0.245. The molecule has 1 heterocycles. The molecule has 2 N–H and O–H groups in total. The van der Waals surface area contributed by atoms with E-state index in [-0.39, 0.29) is 6.54 Å². The van der Waals surface area contributed by atoms with Crippen molar-refractivity contribution >= 4 is 38.6 Å². The van der Waals surface area contributed by atoms with Gasteiger partial charge in [0.05, 0.1) is 16.7 Å². The summed E-state index contributed by atoms with van der Waals surface area (Å²) in [4.78, 5) is 38.5. The number of benzene rings is 2. The minimum absolute atomic E-state index is 0.245. The number of carbonyl (C=O) groups is 1. The summed E-state index contributed by atoms with van der Waals surface area (Å²) >= 11 is 3.34. The monoisotopic (exact) mass is 373 g/mol. The molecule has 0 atom stereocenters. The molecule has 1 aromatic heterocycles. The molecule has 0 bridgehead atoms. The molecule has 0 fully saturated rings. The molecule has 0 aliphatic carbocycles. The predicted octanol–water partition coefficient (Wildman–Crippen LogP) is 2.09. The summed E-state index contributed by atoms with van der Waals surface area (Å²) in [7, 11) is 0. The highest BCUT2D eigenvalue weighted by Gasteiger charge is 2.12. The smallest absolute Gasteiger partial charge is 0.317 e. The molecule has 3 rings (SSSR count). The fraction of sp³-hybridized carbons (Fsp3) is 0.0625. The van der Waals surface area contributed by atoms with Gasteiger partial charge in [-0.05, 0) is 40.2 Å². The first-order valence-electron chi connectivity index (χ1n) is 6.82. The SMILES string of the molecule is O=C(Cn1c(=O)c(=O)[nH]c2ccccc21)Nc1ccccc1Br. The molecule has 6 nitrogen and oxygen atoms in total. The lowest BCUT2D eigenvalue weighted by Crippen LogP contribution is -2.38. The quantitative estimate of drug-likeness (QED) is 0.689. The number of H-pyrrole nitrogens is 1. The van der Waals surface area contributed by atoms with E-state index in [0.29, 0.717) is 16.7 Å². The van der Waals surface area contributed by atoms with Crippen molar-refractivity contribution in [1.29, 1.82) is 0 Å². The van der Waals surface area contributed by atoms with Crippen molar-refractivity contribution in [2.45, 2.75) is 6.54 Å². The number of aromatic amines is 1. The Kier molecular flexibility index (Phi) is 4.12. The lowest BCUT2D eigenvalue weighted by Gasteiger charge is -2.11. The Morgan fingerprint density at radius 3 is 2.57 bits per heavy atom. The second-order valence-electron chi connectivity index (χ2n) is 4.89. The first-order chi connectivity index (χ1) is 11.1. The molecule has 0 saturated carbocycles. The molecule has 0 radical (unpaired) electrons. The highest BCUT2D eigenvalue weighted by molar-refractivity contribution is 9.10. The topological polar surface area (TPSA) is 84.0 Å². The van der Waals surface area contributed by atoms with Crippen LogP contribution in [0.25, 0.3) is 11.0 Å². The summed E-state index contributed by atoms with van der Waals surface area (Å²) in [5, 5.41) is 2.71. The zero-order valence-electron chi connectivity index (χ0n) is 11.9. The van der Waals surface area contributed by atoms with E-state index >= 15 is 0 Å². The lowest BCUT2D eigenvalue weighted by atomic mass is 10.3. The van der Waals surface area contributed by atoms with Gasteiger partial charge in [-0.1, -0.05) is 24.3 Å². The van der Waals surface area contributed by atoms with Crippen molar-refractivity contribution in [2.24, 2.45) is 0 Å². The molecular weight excluding hydrogens is 362 g/mol. The van der Waals surface area contributed by atoms with E-state index in [9.17, 15) is 14.4 Å². The number of amides is 1. The minimum Gasteiger partial charge on any atom is -0.324 e. The highest BCUT2D eigenvalue weighted by atomic mass is 79.9. The summed E-state index contributed by atoms with van der Waals surface area (Å²) in [5.41, 5.74) is 0.0910. The van der Waals surface area contributed by atoms with Crippen LogP contribution in [-0.2, 0) is 11.3 Å². The van der Waals surface area contributed by atoms with Crippen molar-refractivity contribution in [3.63, 3.8) is 0 Å². The number of hydrogen-bond acceptors (Lipinski definition) is 3. The average Bonchev–Trinajstić information content (AvgIpc) is 2.54. The Hall–Kier alpha value is -2.67. The molecule has 2 aromatic carbocycles. The van der Waals surface area contributed by atoms with Gasteiger partial charge in [0.15, 0.2) is 0 Å². The van der Waals surface area contributed by atoms with Crippen LogP contribution in [0.15, 0.2) is 62.6 Å². The van der Waals surface area contributed by atoms with Gasteiger partial charge in [-0.2, -0.15) is 0 Å². The van der Waals surface area contributed by atoms with Crippen LogP contribution in [0.2, 0.25) is 0 Å². The molecule has 0 spiro atoms. The van der Waals surface area contributed by atoms with Gasteiger partial charge >= 0.3 is 11.1 Å². The second-order valence-corrected chi connectivity index (χ2v) is 5.74. The van der Waals surface area contributed by atoms with Crippen LogP contribution in [0.3, 0.4) is 0 Å². The van der Waals surface area contributed by atoms with E-state index in [2.05, 4.69) is 26.2 Å². The van der Waals surface area contributed by atoms with Gasteiger partial charge in [0.25, 0.3) is 0 Å². The van der Waals surface area contributed by atoms with Crippen LogP contribution in [0.5, 0.6) is 0 Å². The third-order valence-electron chi connectivity index (χ3n) is 3.33. The van der Waals surface area contributed by atoms with Gasteiger partial charge in [-0.3, -0.25) is 19.0 Å². The number of nitrogens with one attached hydrogen (secondary N) is 2. The minimum atomic E-state index is -0.758. The van der Waals surface area contributed by atoms with E-state index in [1.807, 2.05) is 6.07 Å². The molecule has 0 aliphatic rings. The molecular formula is C16H12BrN3O3. The number of fused-ring (bicyclic) bond motifs is 1. The number of hydrogen-bond donors (Lipinski definition) is 2. The Balaban J connectivity index is 1.97. The standard InChI is InChI=1S/C16H12BrN3O3/c17-10-5-1-2-6-11(10)18-14(21)9-20-13-8-4-3-7-12(13)19-15(22)16(20)23/h1-8H,9H2,(H,18,21)(H,19,22). The zero-order chi connectivity index (χ0) is 16.4. The van der Waals surface area contributed by atoms with Crippen molar-refractivity contribution < 1.29 is 4.79 Å². The van der Waals surface area contributed by atoms with Gasteiger partial charge in [0.1, 0.15) is 6.54 Å². The molecule has 3 aromatic rings. The number of para-hydroxylation sites is 3. The first-order valence-corrected chi connectivity index (χ1v) is 7.62. The molecule has 0 aliphatic heterocycles.